The first-order chi connectivity index (χ1) is 7.64. The van der Waals surface area contributed by atoms with Crippen LogP contribution in [0.1, 0.15) is 0 Å². The second-order valence-corrected chi connectivity index (χ2v) is 3.83. The Labute approximate surface area is 95.1 Å². The Kier molecular flexibility index (Phi) is 3.35. The molecule has 1 aliphatic rings. The Hall–Kier alpha value is -1.73. The quantitative estimate of drug-likeness (QED) is 0.711. The van der Waals surface area contributed by atoms with Gasteiger partial charge in [0.2, 0.25) is 0 Å². The third kappa shape index (κ3) is 2.69. The molecule has 1 heterocycles. The van der Waals surface area contributed by atoms with Crippen molar-refractivity contribution in [2.75, 3.05) is 20.6 Å². The average Bonchev–Trinajstić information content (AvgIpc) is 2.42. The van der Waals surface area contributed by atoms with Crippen molar-refractivity contribution in [2.24, 2.45) is 5.92 Å². The van der Waals surface area contributed by atoms with Crippen molar-refractivity contribution in [1.82, 2.24) is 9.80 Å². The maximum Gasteiger partial charge on any atom is 0.412 e. The summed E-state index contributed by atoms with van der Waals surface area (Å²) in [5.41, 5.74) is -0.454. The van der Waals surface area contributed by atoms with Gasteiger partial charge in [-0.25, -0.2) is 4.79 Å². The molecule has 0 aromatic rings. The number of allylic oxidation sites excluding steroid dienone is 1. The highest BCUT2D eigenvalue weighted by Gasteiger charge is 2.53. The standard InChI is InChI=1S/C9H11F3N2O3/c1-13(2)4-6-7(15)5(9(10,11)12)3-14(6)8(16)17/h4-5H,3H2,1-2H3,(H,16,17)/b6-4+. The number of carboxylic acid groups (broad SMARTS) is 1. The van der Waals surface area contributed by atoms with Crippen LogP contribution >= 0.6 is 0 Å². The molecule has 96 valence electrons. The van der Waals surface area contributed by atoms with E-state index in [0.717, 1.165) is 6.20 Å². The molecule has 1 rings (SSSR count). The van der Waals surface area contributed by atoms with Gasteiger partial charge in [0.25, 0.3) is 0 Å². The van der Waals surface area contributed by atoms with Crippen LogP contribution < -0.4 is 0 Å². The van der Waals surface area contributed by atoms with Crippen LogP contribution in [-0.2, 0) is 4.79 Å². The number of rotatable bonds is 1. The minimum atomic E-state index is -4.73. The van der Waals surface area contributed by atoms with Crippen LogP contribution in [-0.4, -0.2) is 53.6 Å². The fraction of sp³-hybridized carbons (Fsp3) is 0.556. The molecule has 1 aliphatic heterocycles. The van der Waals surface area contributed by atoms with Crippen LogP contribution in [0.15, 0.2) is 11.9 Å². The molecule has 1 atom stereocenters. The first-order valence-corrected chi connectivity index (χ1v) is 4.64. The third-order valence-corrected chi connectivity index (χ3v) is 2.23. The van der Waals surface area contributed by atoms with Crippen LogP contribution in [0.25, 0.3) is 0 Å². The lowest BCUT2D eigenvalue weighted by molar-refractivity contribution is -0.175. The number of carbonyl (C=O) groups is 2. The van der Waals surface area contributed by atoms with Gasteiger partial charge < -0.3 is 10.0 Å². The van der Waals surface area contributed by atoms with Crippen molar-refractivity contribution in [3.05, 3.63) is 11.9 Å². The number of Topliss-reactive ketones (excluding diaryl/α,β-unsaturated/α-hetero) is 1. The Bertz CT molecular complexity index is 376. The highest BCUT2D eigenvalue weighted by atomic mass is 19.4. The van der Waals surface area contributed by atoms with Crippen LogP contribution in [0.2, 0.25) is 0 Å². The topological polar surface area (TPSA) is 60.9 Å². The average molecular weight is 252 g/mol. The van der Waals surface area contributed by atoms with E-state index in [0.29, 0.717) is 4.90 Å². The van der Waals surface area contributed by atoms with Gasteiger partial charge in [0, 0.05) is 26.8 Å². The van der Waals surface area contributed by atoms with Crippen LogP contribution in [0.4, 0.5) is 18.0 Å². The van der Waals surface area contributed by atoms with Crippen molar-refractivity contribution in [2.45, 2.75) is 6.18 Å². The minimum absolute atomic E-state index is 0.417. The van der Waals surface area contributed by atoms with Gasteiger partial charge in [0.15, 0.2) is 5.78 Å². The van der Waals surface area contributed by atoms with Crippen molar-refractivity contribution >= 4 is 11.9 Å². The molecule has 0 bridgehead atoms. The fourth-order valence-corrected chi connectivity index (χ4v) is 1.49. The summed E-state index contributed by atoms with van der Waals surface area (Å²) in [6, 6.07) is 0. The lowest BCUT2D eigenvalue weighted by Gasteiger charge is -2.14. The normalized spacial score (nSPS) is 23.4. The van der Waals surface area contributed by atoms with Crippen LogP contribution in [0, 0.1) is 5.92 Å². The van der Waals surface area contributed by atoms with Gasteiger partial charge in [-0.05, 0) is 0 Å². The number of nitrogens with zero attached hydrogens (tertiary/aromatic N) is 2. The number of likely N-dealkylation sites (tertiary alicyclic amines) is 1. The van der Waals surface area contributed by atoms with E-state index < -0.39 is 36.2 Å². The van der Waals surface area contributed by atoms with Gasteiger partial charge in [-0.3, -0.25) is 9.69 Å². The van der Waals surface area contributed by atoms with Gasteiger partial charge in [0.05, 0.1) is 0 Å². The first kappa shape index (κ1) is 13.3. The Morgan fingerprint density at radius 3 is 2.41 bits per heavy atom. The summed E-state index contributed by atoms with van der Waals surface area (Å²) in [5, 5.41) is 8.74. The zero-order valence-electron chi connectivity index (χ0n) is 9.15. The van der Waals surface area contributed by atoms with E-state index in [1.54, 1.807) is 0 Å². The number of alkyl halides is 3. The van der Waals surface area contributed by atoms with E-state index in [1.165, 1.54) is 19.0 Å². The van der Waals surface area contributed by atoms with Crippen molar-refractivity contribution in [3.63, 3.8) is 0 Å². The minimum Gasteiger partial charge on any atom is -0.465 e. The fourth-order valence-electron chi connectivity index (χ4n) is 1.49. The maximum absolute atomic E-state index is 12.5. The predicted molar refractivity (Wildman–Crippen MR) is 51.1 cm³/mol. The van der Waals surface area contributed by atoms with Crippen molar-refractivity contribution in [1.29, 1.82) is 0 Å². The largest absolute Gasteiger partial charge is 0.465 e. The van der Waals surface area contributed by atoms with Crippen LogP contribution in [0.3, 0.4) is 0 Å². The van der Waals surface area contributed by atoms with E-state index in [1.807, 2.05) is 0 Å². The molecule has 1 fully saturated rings. The van der Waals surface area contributed by atoms with Gasteiger partial charge >= 0.3 is 12.3 Å². The van der Waals surface area contributed by atoms with Crippen molar-refractivity contribution in [3.8, 4) is 0 Å². The van der Waals surface area contributed by atoms with E-state index in [2.05, 4.69) is 0 Å². The molecular formula is C9H11F3N2O3. The molecule has 17 heavy (non-hydrogen) atoms. The molecule has 0 aromatic heterocycles. The molecule has 1 N–H and O–H groups in total. The number of halogens is 3. The van der Waals surface area contributed by atoms with Crippen molar-refractivity contribution < 1.29 is 27.9 Å². The zero-order valence-corrected chi connectivity index (χ0v) is 9.15. The molecule has 1 unspecified atom stereocenters. The van der Waals surface area contributed by atoms with E-state index in [-0.39, 0.29) is 0 Å². The number of hydrogen-bond donors (Lipinski definition) is 1. The molecule has 0 aromatic carbocycles. The molecular weight excluding hydrogens is 241 g/mol. The zero-order chi connectivity index (χ0) is 13.4. The lowest BCUT2D eigenvalue weighted by atomic mass is 10.1. The van der Waals surface area contributed by atoms with Gasteiger partial charge in [-0.15, -0.1) is 0 Å². The molecule has 1 saturated heterocycles. The summed E-state index contributed by atoms with van der Waals surface area (Å²) in [7, 11) is 2.97. The molecule has 0 radical (unpaired) electrons. The van der Waals surface area contributed by atoms with E-state index >= 15 is 0 Å². The number of hydrogen-bond acceptors (Lipinski definition) is 3. The number of carbonyl (C=O) groups excluding carboxylic acids is 1. The second kappa shape index (κ2) is 4.27. The highest BCUT2D eigenvalue weighted by molar-refractivity contribution is 6.02. The Balaban J connectivity index is 3.11. The van der Waals surface area contributed by atoms with Crippen LogP contribution in [0.5, 0.6) is 0 Å². The smallest absolute Gasteiger partial charge is 0.412 e. The number of amides is 1. The van der Waals surface area contributed by atoms with E-state index in [4.69, 9.17) is 5.11 Å². The lowest BCUT2D eigenvalue weighted by Crippen LogP contribution is -2.31. The summed E-state index contributed by atoms with van der Waals surface area (Å²) in [4.78, 5) is 24.0. The molecule has 0 saturated carbocycles. The van der Waals surface area contributed by atoms with Gasteiger partial charge in [-0.2, -0.15) is 13.2 Å². The first-order valence-electron chi connectivity index (χ1n) is 4.64. The molecule has 8 heteroatoms. The maximum atomic E-state index is 12.5. The summed E-state index contributed by atoms with van der Waals surface area (Å²) in [6.45, 7) is -0.878. The molecule has 5 nitrogen and oxygen atoms in total. The summed E-state index contributed by atoms with van der Waals surface area (Å²) >= 11 is 0. The van der Waals surface area contributed by atoms with E-state index in [9.17, 15) is 22.8 Å². The molecule has 1 amide bonds. The third-order valence-electron chi connectivity index (χ3n) is 2.23. The predicted octanol–water partition coefficient (Wildman–Crippen LogP) is 1.13. The summed E-state index contributed by atoms with van der Waals surface area (Å²) in [6.07, 6.45) is -5.23. The summed E-state index contributed by atoms with van der Waals surface area (Å²) in [5.74, 6) is -3.49. The Morgan fingerprint density at radius 2 is 2.06 bits per heavy atom. The second-order valence-electron chi connectivity index (χ2n) is 3.83. The Morgan fingerprint density at radius 1 is 1.53 bits per heavy atom. The molecule has 0 spiro atoms. The monoisotopic (exact) mass is 252 g/mol. The highest BCUT2D eigenvalue weighted by Crippen LogP contribution is 2.35. The SMILES string of the molecule is CN(C)/C=C1\C(=O)C(C(F)(F)F)CN1C(=O)O. The van der Waals surface area contributed by atoms with Gasteiger partial charge in [-0.1, -0.05) is 0 Å². The number of ketones is 1. The summed E-state index contributed by atoms with van der Waals surface area (Å²) < 4.78 is 37.4. The molecule has 0 aliphatic carbocycles. The van der Waals surface area contributed by atoms with Gasteiger partial charge in [0.1, 0.15) is 11.6 Å².